The maximum atomic E-state index is 13.2. The van der Waals surface area contributed by atoms with Gasteiger partial charge < -0.3 is 14.7 Å². The second-order valence-corrected chi connectivity index (χ2v) is 9.37. The number of hydrogen-bond acceptors (Lipinski definition) is 5. The van der Waals surface area contributed by atoms with Gasteiger partial charge in [0.05, 0.1) is 18.4 Å². The molecule has 0 unspecified atom stereocenters. The van der Waals surface area contributed by atoms with Gasteiger partial charge in [0.1, 0.15) is 18.5 Å². The Morgan fingerprint density at radius 2 is 1.84 bits per heavy atom. The first-order chi connectivity index (χ1) is 14.8. The summed E-state index contributed by atoms with van der Waals surface area (Å²) in [4.78, 5) is 14.0. The molecule has 7 nitrogen and oxygen atoms in total. The fourth-order valence-corrected chi connectivity index (χ4v) is 4.78. The minimum atomic E-state index is -3.40. The minimum Gasteiger partial charge on any atom is -0.394 e. The number of amides is 1. The summed E-state index contributed by atoms with van der Waals surface area (Å²) in [5.41, 5.74) is 1.90. The molecule has 168 valence electrons. The van der Waals surface area contributed by atoms with Crippen LogP contribution in [0.5, 0.6) is 0 Å². The third-order valence-corrected chi connectivity index (χ3v) is 6.56. The largest absolute Gasteiger partial charge is 0.394 e. The van der Waals surface area contributed by atoms with Gasteiger partial charge in [0.15, 0.2) is 0 Å². The van der Waals surface area contributed by atoms with Gasteiger partial charge in [0, 0.05) is 12.2 Å². The average Bonchev–Trinajstić information content (AvgIpc) is 2.75. The Morgan fingerprint density at radius 3 is 2.45 bits per heavy atom. The molecular formula is C22H27FN2O5S. The Balaban J connectivity index is 1.75. The number of unbranched alkanes of at least 4 members (excludes halogenated alkanes) is 1. The zero-order valence-electron chi connectivity index (χ0n) is 17.3. The van der Waals surface area contributed by atoms with Crippen LogP contribution in [0.2, 0.25) is 0 Å². The average molecular weight is 451 g/mol. The third-order valence-electron chi connectivity index (χ3n) is 5.19. The van der Waals surface area contributed by atoms with Crippen molar-refractivity contribution in [3.63, 3.8) is 0 Å². The SMILES string of the molecule is CCCCS(=O)(=O)Nc1ccc([C@H]2OCC(=O)N(Cc3ccc(F)cc3)[C@@H]2CO)cc1. The highest BCUT2D eigenvalue weighted by atomic mass is 32.2. The van der Waals surface area contributed by atoms with E-state index in [0.29, 0.717) is 17.7 Å². The third kappa shape index (κ3) is 6.03. The van der Waals surface area contributed by atoms with E-state index in [4.69, 9.17) is 4.74 Å². The van der Waals surface area contributed by atoms with Crippen LogP contribution in [0.4, 0.5) is 10.1 Å². The number of nitrogens with one attached hydrogen (secondary N) is 1. The molecule has 0 bridgehead atoms. The molecule has 31 heavy (non-hydrogen) atoms. The summed E-state index contributed by atoms with van der Waals surface area (Å²) in [5.74, 6) is -0.566. The fraction of sp³-hybridized carbons (Fsp3) is 0.409. The number of halogens is 1. The van der Waals surface area contributed by atoms with Crippen molar-refractivity contribution < 1.29 is 27.4 Å². The van der Waals surface area contributed by atoms with E-state index < -0.39 is 22.2 Å². The Labute approximate surface area is 181 Å². The molecule has 2 N–H and O–H groups in total. The van der Waals surface area contributed by atoms with Crippen LogP contribution in [0.25, 0.3) is 0 Å². The van der Waals surface area contributed by atoms with E-state index in [2.05, 4.69) is 4.72 Å². The molecule has 1 saturated heterocycles. The van der Waals surface area contributed by atoms with Crippen LogP contribution in [0.15, 0.2) is 48.5 Å². The second kappa shape index (κ2) is 10.2. The van der Waals surface area contributed by atoms with E-state index in [0.717, 1.165) is 12.0 Å². The minimum absolute atomic E-state index is 0.0596. The van der Waals surface area contributed by atoms with Gasteiger partial charge in [-0.15, -0.1) is 0 Å². The zero-order chi connectivity index (χ0) is 22.4. The number of morpholine rings is 1. The molecule has 0 spiro atoms. The predicted octanol–water partition coefficient (Wildman–Crippen LogP) is 2.83. The molecule has 3 rings (SSSR count). The highest BCUT2D eigenvalue weighted by Gasteiger charge is 2.37. The van der Waals surface area contributed by atoms with Crippen molar-refractivity contribution in [2.45, 2.75) is 38.5 Å². The molecule has 0 radical (unpaired) electrons. The number of aliphatic hydroxyl groups excluding tert-OH is 1. The smallest absolute Gasteiger partial charge is 0.249 e. The first kappa shape index (κ1) is 23.2. The lowest BCUT2D eigenvalue weighted by molar-refractivity contribution is -0.162. The van der Waals surface area contributed by atoms with Crippen molar-refractivity contribution >= 4 is 21.6 Å². The molecule has 2 aromatic carbocycles. The summed E-state index contributed by atoms with van der Waals surface area (Å²) in [7, 11) is -3.40. The number of ether oxygens (including phenoxy) is 1. The molecule has 0 aromatic heterocycles. The number of rotatable bonds is 9. The number of hydrogen-bond donors (Lipinski definition) is 2. The first-order valence-electron chi connectivity index (χ1n) is 10.2. The van der Waals surface area contributed by atoms with Crippen molar-refractivity contribution in [3.05, 3.63) is 65.5 Å². The molecule has 2 aromatic rings. The lowest BCUT2D eigenvalue weighted by Crippen LogP contribution is -2.52. The van der Waals surface area contributed by atoms with E-state index in [9.17, 15) is 22.7 Å². The Hall–Kier alpha value is -2.49. The highest BCUT2D eigenvalue weighted by Crippen LogP contribution is 2.31. The summed E-state index contributed by atoms with van der Waals surface area (Å²) in [6.45, 7) is 1.69. The number of sulfonamides is 1. The van der Waals surface area contributed by atoms with Gasteiger partial charge in [-0.2, -0.15) is 0 Å². The molecular weight excluding hydrogens is 423 g/mol. The van der Waals surface area contributed by atoms with Gasteiger partial charge in [0.2, 0.25) is 15.9 Å². The summed E-state index contributed by atoms with van der Waals surface area (Å²) < 4.78 is 45.6. The molecule has 2 atom stereocenters. The number of aliphatic hydroxyl groups is 1. The van der Waals surface area contributed by atoms with E-state index >= 15 is 0 Å². The van der Waals surface area contributed by atoms with Crippen molar-refractivity contribution in [2.75, 3.05) is 23.7 Å². The van der Waals surface area contributed by atoms with Crippen molar-refractivity contribution in [1.29, 1.82) is 0 Å². The molecule has 1 amide bonds. The summed E-state index contributed by atoms with van der Waals surface area (Å²) in [5, 5.41) is 10.00. The molecule has 9 heteroatoms. The number of carbonyl (C=O) groups is 1. The first-order valence-corrected chi connectivity index (χ1v) is 11.8. The van der Waals surface area contributed by atoms with Crippen LogP contribution in [0, 0.1) is 5.82 Å². The van der Waals surface area contributed by atoms with Gasteiger partial charge in [-0.05, 0) is 41.8 Å². The topological polar surface area (TPSA) is 95.9 Å². The van der Waals surface area contributed by atoms with Crippen LogP contribution in [0.1, 0.15) is 37.0 Å². The molecule has 0 saturated carbocycles. The molecule has 1 heterocycles. The van der Waals surface area contributed by atoms with E-state index in [1.54, 1.807) is 36.4 Å². The van der Waals surface area contributed by atoms with Gasteiger partial charge >= 0.3 is 0 Å². The number of benzene rings is 2. The van der Waals surface area contributed by atoms with Gasteiger partial charge in [-0.25, -0.2) is 12.8 Å². The second-order valence-electron chi connectivity index (χ2n) is 7.53. The Kier molecular flexibility index (Phi) is 7.64. The lowest BCUT2D eigenvalue weighted by Gasteiger charge is -2.40. The molecule has 1 aliphatic heterocycles. The summed E-state index contributed by atoms with van der Waals surface area (Å²) in [6.07, 6.45) is 0.794. The lowest BCUT2D eigenvalue weighted by atomic mass is 9.98. The van der Waals surface area contributed by atoms with Crippen LogP contribution < -0.4 is 4.72 Å². The Bertz CT molecular complexity index is 980. The van der Waals surface area contributed by atoms with Crippen LogP contribution >= 0.6 is 0 Å². The van der Waals surface area contributed by atoms with E-state index in [-0.39, 0.29) is 37.2 Å². The van der Waals surface area contributed by atoms with E-state index in [1.807, 2.05) is 6.92 Å². The standard InChI is InChI=1S/C22H27FN2O5S/c1-2-3-12-31(28,29)24-19-10-6-17(7-11-19)22-20(14-26)25(21(27)15-30-22)13-16-4-8-18(23)9-5-16/h4-11,20,22,24,26H,2-3,12-15H2,1H3/t20-,22-/m1/s1. The van der Waals surface area contributed by atoms with Gasteiger partial charge in [-0.1, -0.05) is 37.6 Å². The van der Waals surface area contributed by atoms with Crippen LogP contribution in [0.3, 0.4) is 0 Å². The number of carbonyl (C=O) groups excluding carboxylic acids is 1. The van der Waals surface area contributed by atoms with Crippen molar-refractivity contribution in [1.82, 2.24) is 4.90 Å². The van der Waals surface area contributed by atoms with Gasteiger partial charge in [0.25, 0.3) is 0 Å². The van der Waals surface area contributed by atoms with Crippen molar-refractivity contribution in [3.8, 4) is 0 Å². The maximum absolute atomic E-state index is 13.2. The summed E-state index contributed by atoms with van der Waals surface area (Å²) in [6, 6.07) is 11.9. The monoisotopic (exact) mass is 450 g/mol. The highest BCUT2D eigenvalue weighted by molar-refractivity contribution is 7.92. The number of anilines is 1. The van der Waals surface area contributed by atoms with Crippen molar-refractivity contribution in [2.24, 2.45) is 0 Å². The molecule has 0 aliphatic carbocycles. The van der Waals surface area contributed by atoms with E-state index in [1.165, 1.54) is 17.0 Å². The predicted molar refractivity (Wildman–Crippen MR) is 115 cm³/mol. The summed E-state index contributed by atoms with van der Waals surface area (Å²) >= 11 is 0. The fourth-order valence-electron chi connectivity index (χ4n) is 3.51. The Morgan fingerprint density at radius 1 is 1.16 bits per heavy atom. The van der Waals surface area contributed by atoms with Gasteiger partial charge in [-0.3, -0.25) is 9.52 Å². The number of nitrogens with zero attached hydrogens (tertiary/aromatic N) is 1. The quantitative estimate of drug-likeness (QED) is 0.613. The maximum Gasteiger partial charge on any atom is 0.249 e. The van der Waals surface area contributed by atoms with Crippen LogP contribution in [-0.4, -0.2) is 49.3 Å². The van der Waals surface area contributed by atoms with Crippen LogP contribution in [-0.2, 0) is 26.1 Å². The zero-order valence-corrected chi connectivity index (χ0v) is 18.1. The molecule has 1 fully saturated rings. The normalized spacial score (nSPS) is 19.5. The molecule has 1 aliphatic rings.